The Morgan fingerprint density at radius 3 is 2.41 bits per heavy atom. The standard InChI is InChI=1S/C14H14O3/c15-9-13(6-7-13)10-2-3-11-12(8-10)17-14(16-11)4-1-5-14/h2-3,8-9H,1,4-7H2. The number of aldehydes is 1. The molecule has 1 aromatic rings. The van der Waals surface area contributed by atoms with Crippen LogP contribution < -0.4 is 9.47 Å². The molecule has 0 radical (unpaired) electrons. The third-order valence-corrected chi connectivity index (χ3v) is 4.24. The molecule has 0 saturated heterocycles. The van der Waals surface area contributed by atoms with Crippen molar-refractivity contribution in [3.63, 3.8) is 0 Å². The molecule has 1 aliphatic heterocycles. The van der Waals surface area contributed by atoms with Crippen LogP contribution in [0.4, 0.5) is 0 Å². The number of ether oxygens (including phenoxy) is 2. The van der Waals surface area contributed by atoms with Gasteiger partial charge in [0, 0.05) is 12.8 Å². The van der Waals surface area contributed by atoms with E-state index in [0.29, 0.717) is 0 Å². The molecule has 3 nitrogen and oxygen atoms in total. The molecule has 88 valence electrons. The monoisotopic (exact) mass is 230 g/mol. The maximum Gasteiger partial charge on any atom is 0.251 e. The van der Waals surface area contributed by atoms with Gasteiger partial charge in [-0.25, -0.2) is 0 Å². The Morgan fingerprint density at radius 1 is 1.06 bits per heavy atom. The van der Waals surface area contributed by atoms with E-state index in [1.807, 2.05) is 18.2 Å². The number of fused-ring (bicyclic) bond motifs is 1. The van der Waals surface area contributed by atoms with E-state index in [0.717, 1.165) is 49.0 Å². The fraction of sp³-hybridized carbons (Fsp3) is 0.500. The summed E-state index contributed by atoms with van der Waals surface area (Å²) in [5.41, 5.74) is 0.847. The smallest absolute Gasteiger partial charge is 0.251 e. The Bertz CT molecular complexity index is 498. The summed E-state index contributed by atoms with van der Waals surface area (Å²) in [6.07, 6.45) is 6.09. The Morgan fingerprint density at radius 2 is 1.82 bits per heavy atom. The minimum atomic E-state index is -0.376. The lowest BCUT2D eigenvalue weighted by molar-refractivity contribution is -0.138. The lowest BCUT2D eigenvalue weighted by atomic mass is 9.91. The third-order valence-electron chi connectivity index (χ3n) is 4.24. The first-order chi connectivity index (χ1) is 8.25. The Labute approximate surface area is 99.7 Å². The van der Waals surface area contributed by atoms with Gasteiger partial charge in [-0.1, -0.05) is 6.07 Å². The Hall–Kier alpha value is -1.51. The lowest BCUT2D eigenvalue weighted by Gasteiger charge is -2.35. The minimum absolute atomic E-state index is 0.228. The number of hydrogen-bond donors (Lipinski definition) is 0. The highest BCUT2D eigenvalue weighted by atomic mass is 16.7. The van der Waals surface area contributed by atoms with Crippen LogP contribution in [0.2, 0.25) is 0 Å². The maximum atomic E-state index is 11.1. The van der Waals surface area contributed by atoms with Gasteiger partial charge >= 0.3 is 0 Å². The van der Waals surface area contributed by atoms with Gasteiger partial charge in [0.2, 0.25) is 0 Å². The van der Waals surface area contributed by atoms with Crippen molar-refractivity contribution in [2.45, 2.75) is 43.3 Å². The van der Waals surface area contributed by atoms with Crippen molar-refractivity contribution in [3.05, 3.63) is 23.8 Å². The second-order valence-corrected chi connectivity index (χ2v) is 5.40. The molecule has 1 aromatic carbocycles. The van der Waals surface area contributed by atoms with E-state index in [9.17, 15) is 4.79 Å². The molecular formula is C14H14O3. The largest absolute Gasteiger partial charge is 0.448 e. The van der Waals surface area contributed by atoms with Gasteiger partial charge < -0.3 is 14.3 Å². The average Bonchev–Trinajstić information content (AvgIpc) is 3.00. The summed E-state index contributed by atoms with van der Waals surface area (Å²) in [6.45, 7) is 0. The van der Waals surface area contributed by atoms with Crippen LogP contribution in [0.5, 0.6) is 11.5 Å². The average molecular weight is 230 g/mol. The van der Waals surface area contributed by atoms with Crippen molar-refractivity contribution in [2.24, 2.45) is 0 Å². The van der Waals surface area contributed by atoms with Gasteiger partial charge in [0.25, 0.3) is 5.79 Å². The Balaban J connectivity index is 1.71. The lowest BCUT2D eigenvalue weighted by Crippen LogP contribution is -2.45. The van der Waals surface area contributed by atoms with E-state index in [1.165, 1.54) is 6.42 Å². The summed E-state index contributed by atoms with van der Waals surface area (Å²) >= 11 is 0. The van der Waals surface area contributed by atoms with Gasteiger partial charge in [-0.15, -0.1) is 0 Å². The first-order valence-electron chi connectivity index (χ1n) is 6.24. The van der Waals surface area contributed by atoms with E-state index in [2.05, 4.69) is 0 Å². The molecule has 0 atom stereocenters. The summed E-state index contributed by atoms with van der Waals surface area (Å²) < 4.78 is 11.7. The number of benzene rings is 1. The quantitative estimate of drug-likeness (QED) is 0.732. The van der Waals surface area contributed by atoms with Crippen LogP contribution in [0.1, 0.15) is 37.7 Å². The second kappa shape index (κ2) is 2.84. The molecule has 3 aliphatic rings. The highest BCUT2D eigenvalue weighted by Gasteiger charge is 2.49. The molecule has 2 saturated carbocycles. The van der Waals surface area contributed by atoms with Crippen LogP contribution >= 0.6 is 0 Å². The summed E-state index contributed by atoms with van der Waals surface area (Å²) in [5, 5.41) is 0. The molecule has 3 heteroatoms. The summed E-state index contributed by atoms with van der Waals surface area (Å²) in [4.78, 5) is 11.1. The topological polar surface area (TPSA) is 35.5 Å². The molecule has 1 heterocycles. The molecule has 2 aliphatic carbocycles. The fourth-order valence-corrected chi connectivity index (χ4v) is 2.68. The molecular weight excluding hydrogens is 216 g/mol. The molecule has 0 aromatic heterocycles. The number of rotatable bonds is 2. The molecule has 0 amide bonds. The zero-order chi connectivity index (χ0) is 11.5. The van der Waals surface area contributed by atoms with Crippen molar-refractivity contribution in [3.8, 4) is 11.5 Å². The number of carbonyl (C=O) groups excluding carboxylic acids is 1. The van der Waals surface area contributed by atoms with Crippen LogP contribution in [0, 0.1) is 0 Å². The van der Waals surface area contributed by atoms with Gasteiger partial charge in [0.05, 0.1) is 5.41 Å². The predicted octanol–water partition coefficient (Wildman–Crippen LogP) is 2.57. The molecule has 2 fully saturated rings. The van der Waals surface area contributed by atoms with Crippen LogP contribution in [0.3, 0.4) is 0 Å². The predicted molar refractivity (Wildman–Crippen MR) is 61.3 cm³/mol. The molecule has 0 unspecified atom stereocenters. The highest BCUT2D eigenvalue weighted by Crippen LogP contribution is 2.52. The summed E-state index contributed by atoms with van der Waals surface area (Å²) in [6, 6.07) is 5.94. The molecule has 1 spiro atoms. The van der Waals surface area contributed by atoms with Crippen molar-refractivity contribution in [1.29, 1.82) is 0 Å². The van der Waals surface area contributed by atoms with Crippen LogP contribution in [0.15, 0.2) is 18.2 Å². The normalized spacial score (nSPS) is 25.4. The number of hydrogen-bond acceptors (Lipinski definition) is 3. The SMILES string of the molecule is O=CC1(c2ccc3c(c2)OC2(CCC2)O3)CC1. The van der Waals surface area contributed by atoms with E-state index in [-0.39, 0.29) is 11.2 Å². The second-order valence-electron chi connectivity index (χ2n) is 5.40. The van der Waals surface area contributed by atoms with Crippen LogP contribution in [0.25, 0.3) is 0 Å². The molecule has 0 N–H and O–H groups in total. The minimum Gasteiger partial charge on any atom is -0.448 e. The maximum absolute atomic E-state index is 11.1. The van der Waals surface area contributed by atoms with E-state index in [1.54, 1.807) is 0 Å². The van der Waals surface area contributed by atoms with Crippen LogP contribution in [-0.2, 0) is 10.2 Å². The fourth-order valence-electron chi connectivity index (χ4n) is 2.68. The first kappa shape index (κ1) is 9.51. The van der Waals surface area contributed by atoms with Crippen molar-refractivity contribution < 1.29 is 14.3 Å². The van der Waals surface area contributed by atoms with Gasteiger partial charge in [-0.05, 0) is 37.0 Å². The summed E-state index contributed by atoms with van der Waals surface area (Å²) in [7, 11) is 0. The molecule has 4 rings (SSSR count). The molecule has 17 heavy (non-hydrogen) atoms. The number of carbonyl (C=O) groups is 1. The van der Waals surface area contributed by atoms with Gasteiger partial charge in [-0.3, -0.25) is 0 Å². The van der Waals surface area contributed by atoms with Crippen LogP contribution in [-0.4, -0.2) is 12.1 Å². The van der Waals surface area contributed by atoms with E-state index < -0.39 is 0 Å². The van der Waals surface area contributed by atoms with Crippen molar-refractivity contribution in [1.82, 2.24) is 0 Å². The Kier molecular flexibility index (Phi) is 1.59. The van der Waals surface area contributed by atoms with Crippen molar-refractivity contribution in [2.75, 3.05) is 0 Å². The van der Waals surface area contributed by atoms with Crippen molar-refractivity contribution >= 4 is 6.29 Å². The zero-order valence-electron chi connectivity index (χ0n) is 9.57. The van der Waals surface area contributed by atoms with E-state index in [4.69, 9.17) is 9.47 Å². The summed E-state index contributed by atoms with van der Waals surface area (Å²) in [5.74, 6) is 1.27. The van der Waals surface area contributed by atoms with Gasteiger partial charge in [0.15, 0.2) is 11.5 Å². The van der Waals surface area contributed by atoms with E-state index >= 15 is 0 Å². The third kappa shape index (κ3) is 1.20. The highest BCUT2D eigenvalue weighted by molar-refractivity contribution is 5.73. The zero-order valence-corrected chi connectivity index (χ0v) is 9.57. The van der Waals surface area contributed by atoms with Gasteiger partial charge in [-0.2, -0.15) is 0 Å². The first-order valence-corrected chi connectivity index (χ1v) is 6.24. The molecule has 0 bridgehead atoms. The van der Waals surface area contributed by atoms with Gasteiger partial charge in [0.1, 0.15) is 6.29 Å².